The van der Waals surface area contributed by atoms with Crippen molar-refractivity contribution in [2.75, 3.05) is 24.3 Å². The smallest absolute Gasteiger partial charge is 0.272 e. The van der Waals surface area contributed by atoms with E-state index in [1.165, 1.54) is 6.08 Å². The van der Waals surface area contributed by atoms with Gasteiger partial charge >= 0.3 is 0 Å². The van der Waals surface area contributed by atoms with Crippen molar-refractivity contribution in [3.05, 3.63) is 173 Å². The van der Waals surface area contributed by atoms with Crippen LogP contribution in [-0.4, -0.2) is 31.7 Å². The van der Waals surface area contributed by atoms with Crippen molar-refractivity contribution >= 4 is 41.1 Å². The lowest BCUT2D eigenvalue weighted by atomic mass is 10.1. The van der Waals surface area contributed by atoms with Gasteiger partial charge in [0.05, 0.1) is 0 Å². The van der Waals surface area contributed by atoms with Gasteiger partial charge < -0.3 is 20.3 Å². The van der Waals surface area contributed by atoms with Crippen LogP contribution >= 0.6 is 0 Å². The number of hydrogen-bond acceptors (Lipinski definition) is 5. The first-order valence-corrected chi connectivity index (χ1v) is 15.1. The number of hydrogen-bond donors (Lipinski definition) is 2. The van der Waals surface area contributed by atoms with E-state index in [2.05, 4.69) is 10.6 Å². The Hall–Kier alpha value is -6.21. The Bertz CT molecular complexity index is 1860. The van der Waals surface area contributed by atoms with E-state index in [1.54, 1.807) is 60.7 Å². The highest BCUT2D eigenvalue weighted by Crippen LogP contribution is 2.18. The predicted octanol–water partition coefficient (Wildman–Crippen LogP) is 7.64. The standard InChI is InChI=1S/C40H35N3O4/c1-43(2)35-22-13-30(14-23-35)27-37(42-39(45)33-11-7-4-8-12-33)40(46)41-34-20-18-32(19-21-34)38(44)26-17-29-15-24-36(25-16-29)47-28-31-9-5-3-6-10-31/h3-27H,28H2,1-2H3,(H,41,46)(H,42,45)/b26-17+,37-27-. The number of nitrogens with one attached hydrogen (secondary N) is 2. The third kappa shape index (κ3) is 9.39. The lowest BCUT2D eigenvalue weighted by molar-refractivity contribution is -0.113. The van der Waals surface area contributed by atoms with Gasteiger partial charge in [-0.2, -0.15) is 0 Å². The van der Waals surface area contributed by atoms with Crippen LogP contribution in [0.1, 0.15) is 37.4 Å². The molecule has 0 radical (unpaired) electrons. The topological polar surface area (TPSA) is 87.7 Å². The molecule has 0 heterocycles. The maximum atomic E-state index is 13.4. The minimum absolute atomic E-state index is 0.0797. The van der Waals surface area contributed by atoms with Crippen molar-refractivity contribution in [1.82, 2.24) is 5.32 Å². The summed E-state index contributed by atoms with van der Waals surface area (Å²) in [5, 5.41) is 5.57. The Morgan fingerprint density at radius 3 is 1.94 bits per heavy atom. The molecule has 0 aliphatic carbocycles. The van der Waals surface area contributed by atoms with Crippen molar-refractivity contribution in [3.63, 3.8) is 0 Å². The summed E-state index contributed by atoms with van der Waals surface area (Å²) >= 11 is 0. The highest BCUT2D eigenvalue weighted by molar-refractivity contribution is 6.11. The molecule has 0 aromatic heterocycles. The fraction of sp³-hybridized carbons (Fsp3) is 0.0750. The molecule has 7 nitrogen and oxygen atoms in total. The number of amides is 2. The second-order valence-corrected chi connectivity index (χ2v) is 10.9. The Kier molecular flexibility index (Phi) is 10.7. The summed E-state index contributed by atoms with van der Waals surface area (Å²) in [4.78, 5) is 41.2. The molecule has 7 heteroatoms. The molecule has 5 rings (SSSR count). The second kappa shape index (κ2) is 15.7. The van der Waals surface area contributed by atoms with Gasteiger partial charge in [0.25, 0.3) is 11.8 Å². The van der Waals surface area contributed by atoms with Crippen LogP contribution in [0.15, 0.2) is 145 Å². The number of nitrogens with zero attached hydrogens (tertiary/aromatic N) is 1. The highest BCUT2D eigenvalue weighted by atomic mass is 16.5. The van der Waals surface area contributed by atoms with Gasteiger partial charge in [-0.25, -0.2) is 0 Å². The van der Waals surface area contributed by atoms with Crippen LogP contribution in [0.5, 0.6) is 5.75 Å². The van der Waals surface area contributed by atoms with E-state index in [0.29, 0.717) is 23.4 Å². The zero-order valence-corrected chi connectivity index (χ0v) is 26.2. The molecule has 0 unspecified atom stereocenters. The third-order valence-electron chi connectivity index (χ3n) is 7.23. The monoisotopic (exact) mass is 621 g/mol. The van der Waals surface area contributed by atoms with E-state index in [-0.39, 0.29) is 11.5 Å². The second-order valence-electron chi connectivity index (χ2n) is 10.9. The van der Waals surface area contributed by atoms with Gasteiger partial charge in [-0.3, -0.25) is 14.4 Å². The van der Waals surface area contributed by atoms with Crippen LogP contribution in [0, 0.1) is 0 Å². The number of rotatable bonds is 12. The van der Waals surface area contributed by atoms with E-state index in [4.69, 9.17) is 4.74 Å². The van der Waals surface area contributed by atoms with Gasteiger partial charge in [0.1, 0.15) is 18.1 Å². The molecule has 0 atom stereocenters. The average molecular weight is 622 g/mol. The van der Waals surface area contributed by atoms with Gasteiger partial charge in [-0.05, 0) is 89.5 Å². The lowest BCUT2D eigenvalue weighted by Crippen LogP contribution is -2.30. The maximum Gasteiger partial charge on any atom is 0.272 e. The lowest BCUT2D eigenvalue weighted by Gasteiger charge is -2.13. The molecular formula is C40H35N3O4. The van der Waals surface area contributed by atoms with Gasteiger partial charge in [-0.15, -0.1) is 0 Å². The molecule has 5 aromatic carbocycles. The number of anilines is 2. The predicted molar refractivity (Wildman–Crippen MR) is 188 cm³/mol. The summed E-state index contributed by atoms with van der Waals surface area (Å²) in [6.45, 7) is 0.482. The Balaban J connectivity index is 1.22. The van der Waals surface area contributed by atoms with E-state index >= 15 is 0 Å². The van der Waals surface area contributed by atoms with Crippen molar-refractivity contribution in [2.45, 2.75) is 6.61 Å². The quantitative estimate of drug-likeness (QED) is 0.110. The SMILES string of the molecule is CN(C)c1ccc(/C=C(\NC(=O)c2ccccc2)C(=O)Nc2ccc(C(=O)/C=C/c3ccc(OCc4ccccc4)cc3)cc2)cc1. The molecule has 5 aromatic rings. The van der Waals surface area contributed by atoms with Crippen molar-refractivity contribution in [1.29, 1.82) is 0 Å². The molecule has 0 spiro atoms. The minimum atomic E-state index is -0.499. The number of carbonyl (C=O) groups is 3. The normalized spacial score (nSPS) is 11.1. The first-order valence-electron chi connectivity index (χ1n) is 15.1. The van der Waals surface area contributed by atoms with Crippen LogP contribution in [0.4, 0.5) is 11.4 Å². The molecule has 2 amide bonds. The summed E-state index contributed by atoms with van der Waals surface area (Å²) in [5.74, 6) is -0.334. The van der Waals surface area contributed by atoms with Gasteiger partial charge in [0, 0.05) is 36.6 Å². The average Bonchev–Trinajstić information content (AvgIpc) is 3.11. The molecule has 0 fully saturated rings. The first-order chi connectivity index (χ1) is 22.8. The number of allylic oxidation sites excluding steroid dienone is 1. The van der Waals surface area contributed by atoms with Crippen LogP contribution in [0.2, 0.25) is 0 Å². The molecule has 0 bridgehead atoms. The molecule has 47 heavy (non-hydrogen) atoms. The van der Waals surface area contributed by atoms with Crippen LogP contribution in [-0.2, 0) is 11.4 Å². The molecule has 234 valence electrons. The number of benzene rings is 5. The number of carbonyl (C=O) groups excluding carboxylic acids is 3. The summed E-state index contributed by atoms with van der Waals surface area (Å²) in [5.41, 5.74) is 5.16. The van der Waals surface area contributed by atoms with E-state index in [9.17, 15) is 14.4 Å². The molecular weight excluding hydrogens is 586 g/mol. The fourth-order valence-corrected chi connectivity index (χ4v) is 4.58. The van der Waals surface area contributed by atoms with Crippen molar-refractivity contribution in [2.24, 2.45) is 0 Å². The summed E-state index contributed by atoms with van der Waals surface area (Å²) < 4.78 is 5.83. The van der Waals surface area contributed by atoms with Gasteiger partial charge in [0.2, 0.25) is 0 Å². The van der Waals surface area contributed by atoms with Gasteiger partial charge in [0.15, 0.2) is 5.78 Å². The number of ether oxygens (including phenoxy) is 1. The first kappa shape index (κ1) is 32.2. The zero-order valence-electron chi connectivity index (χ0n) is 26.2. The molecule has 2 N–H and O–H groups in total. The van der Waals surface area contributed by atoms with Crippen molar-refractivity contribution < 1.29 is 19.1 Å². The molecule has 0 saturated carbocycles. The largest absolute Gasteiger partial charge is 0.489 e. The Morgan fingerprint density at radius 1 is 0.681 bits per heavy atom. The Morgan fingerprint density at radius 2 is 1.30 bits per heavy atom. The molecule has 0 aliphatic heterocycles. The third-order valence-corrected chi connectivity index (χ3v) is 7.23. The van der Waals surface area contributed by atoms with Crippen LogP contribution in [0.25, 0.3) is 12.2 Å². The van der Waals surface area contributed by atoms with Crippen molar-refractivity contribution in [3.8, 4) is 5.75 Å². The molecule has 0 saturated heterocycles. The van der Waals surface area contributed by atoms with E-state index < -0.39 is 11.8 Å². The van der Waals surface area contributed by atoms with E-state index in [0.717, 1.165) is 28.1 Å². The van der Waals surface area contributed by atoms with Crippen LogP contribution in [0.3, 0.4) is 0 Å². The summed E-state index contributed by atoms with van der Waals surface area (Å²) in [7, 11) is 3.89. The number of ketones is 1. The maximum absolute atomic E-state index is 13.4. The zero-order chi connectivity index (χ0) is 33.0. The molecule has 0 aliphatic rings. The summed E-state index contributed by atoms with van der Waals surface area (Å²) in [6, 6.07) is 40.4. The van der Waals surface area contributed by atoms with E-state index in [1.807, 2.05) is 104 Å². The fourth-order valence-electron chi connectivity index (χ4n) is 4.58. The van der Waals surface area contributed by atoms with Gasteiger partial charge in [-0.1, -0.05) is 78.9 Å². The highest BCUT2D eigenvalue weighted by Gasteiger charge is 2.15. The van der Waals surface area contributed by atoms with Crippen LogP contribution < -0.4 is 20.3 Å². The minimum Gasteiger partial charge on any atom is -0.489 e. The summed E-state index contributed by atoms with van der Waals surface area (Å²) in [6.07, 6.45) is 4.88. The Labute approximate surface area is 274 Å².